The van der Waals surface area contributed by atoms with Gasteiger partial charge < -0.3 is 20.1 Å². The molecule has 0 saturated heterocycles. The van der Waals surface area contributed by atoms with Crippen LogP contribution in [0.3, 0.4) is 0 Å². The molecule has 0 aliphatic heterocycles. The van der Waals surface area contributed by atoms with Gasteiger partial charge in [-0.15, -0.1) is 0 Å². The first-order chi connectivity index (χ1) is 8.98. The third kappa shape index (κ3) is 7.60. The first-order valence-corrected chi connectivity index (χ1v) is 6.43. The molecule has 0 unspecified atom stereocenters. The third-order valence-electron chi connectivity index (χ3n) is 2.08. The van der Waals surface area contributed by atoms with Crippen LogP contribution in [0, 0.1) is 0 Å². The maximum Gasteiger partial charge on any atom is 0.408 e. The Labute approximate surface area is 119 Å². The van der Waals surface area contributed by atoms with Crippen molar-refractivity contribution in [1.29, 1.82) is 0 Å². The summed E-state index contributed by atoms with van der Waals surface area (Å²) in [7, 11) is 0. The normalized spacial score (nSPS) is 11.5. The van der Waals surface area contributed by atoms with Crippen molar-refractivity contribution in [3.63, 3.8) is 0 Å². The van der Waals surface area contributed by atoms with E-state index < -0.39 is 29.1 Å². The highest BCUT2D eigenvalue weighted by molar-refractivity contribution is 5.91. The first kappa shape index (κ1) is 18.2. The summed E-state index contributed by atoms with van der Waals surface area (Å²) < 4.78 is 9.75. The lowest BCUT2D eigenvalue weighted by Gasteiger charge is -2.27. The van der Waals surface area contributed by atoms with Crippen LogP contribution in [0.25, 0.3) is 0 Å². The van der Waals surface area contributed by atoms with E-state index in [1.165, 1.54) is 13.8 Å². The van der Waals surface area contributed by atoms with Crippen molar-refractivity contribution < 1.29 is 23.9 Å². The molecular weight excluding hydrogens is 264 g/mol. The molecule has 0 radical (unpaired) electrons. The minimum absolute atomic E-state index is 0.244. The molecule has 0 aromatic rings. The number of carbonyl (C=O) groups is 3. The van der Waals surface area contributed by atoms with Gasteiger partial charge in [0.1, 0.15) is 17.7 Å². The molecule has 0 aromatic carbocycles. The van der Waals surface area contributed by atoms with E-state index in [1.54, 1.807) is 27.7 Å². The van der Waals surface area contributed by atoms with Crippen molar-refractivity contribution >= 4 is 18.0 Å². The minimum Gasteiger partial charge on any atom is -0.465 e. The molecule has 0 aliphatic carbocycles. The van der Waals surface area contributed by atoms with Crippen LogP contribution in [0.1, 0.15) is 41.5 Å². The zero-order valence-corrected chi connectivity index (χ0v) is 13.0. The lowest BCUT2D eigenvalue weighted by Crippen LogP contribution is -2.56. The predicted octanol–water partition coefficient (Wildman–Crippen LogP) is 0.969. The van der Waals surface area contributed by atoms with Gasteiger partial charge in [0.05, 0.1) is 6.61 Å². The fraction of sp³-hybridized carbons (Fsp3) is 0.769. The molecule has 0 aliphatic rings. The van der Waals surface area contributed by atoms with Gasteiger partial charge in [0.2, 0.25) is 5.91 Å². The van der Waals surface area contributed by atoms with Crippen LogP contribution < -0.4 is 10.6 Å². The minimum atomic E-state index is -1.20. The molecule has 7 heteroatoms. The van der Waals surface area contributed by atoms with Crippen molar-refractivity contribution in [3.8, 4) is 0 Å². The van der Waals surface area contributed by atoms with Gasteiger partial charge in [0.15, 0.2) is 0 Å². The highest BCUT2D eigenvalue weighted by atomic mass is 16.6. The van der Waals surface area contributed by atoms with E-state index in [4.69, 9.17) is 4.74 Å². The highest BCUT2D eigenvalue weighted by Crippen LogP contribution is 2.09. The maximum absolute atomic E-state index is 11.9. The van der Waals surface area contributed by atoms with Crippen LogP contribution in [0.2, 0.25) is 0 Å². The van der Waals surface area contributed by atoms with Crippen LogP contribution >= 0.6 is 0 Å². The van der Waals surface area contributed by atoms with Crippen LogP contribution in [-0.2, 0) is 19.1 Å². The van der Waals surface area contributed by atoms with Gasteiger partial charge in [0.25, 0.3) is 0 Å². The number of amides is 2. The van der Waals surface area contributed by atoms with Gasteiger partial charge >= 0.3 is 12.1 Å². The molecule has 116 valence electrons. The molecule has 20 heavy (non-hydrogen) atoms. The lowest BCUT2D eigenvalue weighted by atomic mass is 10.1. The highest BCUT2D eigenvalue weighted by Gasteiger charge is 2.31. The van der Waals surface area contributed by atoms with E-state index in [-0.39, 0.29) is 13.2 Å². The quantitative estimate of drug-likeness (QED) is 0.735. The third-order valence-corrected chi connectivity index (χ3v) is 2.08. The van der Waals surface area contributed by atoms with Crippen LogP contribution in [0.5, 0.6) is 0 Å². The van der Waals surface area contributed by atoms with Crippen molar-refractivity contribution in [2.75, 3.05) is 13.2 Å². The summed E-state index contributed by atoms with van der Waals surface area (Å²) >= 11 is 0. The number of rotatable bonds is 5. The summed E-state index contributed by atoms with van der Waals surface area (Å²) in [6.07, 6.45) is -0.700. The first-order valence-electron chi connectivity index (χ1n) is 6.43. The predicted molar refractivity (Wildman–Crippen MR) is 73.1 cm³/mol. The van der Waals surface area contributed by atoms with Crippen molar-refractivity contribution in [2.45, 2.75) is 52.7 Å². The number of esters is 1. The summed E-state index contributed by atoms with van der Waals surface area (Å²) in [4.78, 5) is 34.6. The lowest BCUT2D eigenvalue weighted by molar-refractivity contribution is -0.143. The molecular formula is C13H24N2O5. The molecule has 0 bridgehead atoms. The molecule has 7 nitrogen and oxygen atoms in total. The van der Waals surface area contributed by atoms with Crippen LogP contribution in [0.4, 0.5) is 4.79 Å². The molecule has 0 fully saturated rings. The SMILES string of the molecule is CCOC(=O)CNC(=O)C(C)(C)NC(=O)OC(C)(C)C. The maximum atomic E-state index is 11.9. The van der Waals surface area contributed by atoms with E-state index in [0.717, 1.165) is 0 Å². The number of hydrogen-bond donors (Lipinski definition) is 2. The smallest absolute Gasteiger partial charge is 0.408 e. The Hall–Kier alpha value is -1.79. The van der Waals surface area contributed by atoms with E-state index in [1.807, 2.05) is 0 Å². The largest absolute Gasteiger partial charge is 0.465 e. The Morgan fingerprint density at radius 1 is 1.05 bits per heavy atom. The van der Waals surface area contributed by atoms with Gasteiger partial charge in [-0.1, -0.05) is 0 Å². The van der Waals surface area contributed by atoms with E-state index in [9.17, 15) is 14.4 Å². The van der Waals surface area contributed by atoms with E-state index in [0.29, 0.717) is 0 Å². The zero-order chi connectivity index (χ0) is 16.0. The number of ether oxygens (including phenoxy) is 2. The second kappa shape index (κ2) is 7.12. The molecule has 0 rings (SSSR count). The van der Waals surface area contributed by atoms with Gasteiger partial charge in [-0.2, -0.15) is 0 Å². The monoisotopic (exact) mass is 288 g/mol. The van der Waals surface area contributed by atoms with Crippen molar-refractivity contribution in [1.82, 2.24) is 10.6 Å². The Morgan fingerprint density at radius 2 is 1.60 bits per heavy atom. The number of hydrogen-bond acceptors (Lipinski definition) is 5. The Morgan fingerprint density at radius 3 is 2.05 bits per heavy atom. The van der Waals surface area contributed by atoms with E-state index >= 15 is 0 Å². The molecule has 0 heterocycles. The summed E-state index contributed by atoms with van der Waals surface area (Å²) in [5.41, 5.74) is -1.85. The average Bonchev–Trinajstić information content (AvgIpc) is 2.22. The standard InChI is InChI=1S/C13H24N2O5/c1-7-19-9(16)8-14-10(17)13(5,6)15-11(18)20-12(2,3)4/h7-8H2,1-6H3,(H,14,17)(H,15,18). The topological polar surface area (TPSA) is 93.7 Å². The summed E-state index contributed by atoms with van der Waals surface area (Å²) in [5, 5.41) is 4.83. The molecule has 0 saturated carbocycles. The summed E-state index contributed by atoms with van der Waals surface area (Å²) in [6, 6.07) is 0. The Balaban J connectivity index is 4.38. The van der Waals surface area contributed by atoms with Gasteiger partial charge in [-0.3, -0.25) is 9.59 Å². The summed E-state index contributed by atoms with van der Waals surface area (Å²) in [5.74, 6) is -1.04. The number of alkyl carbamates (subject to hydrolysis) is 1. The second-order valence-electron chi connectivity index (χ2n) is 5.74. The Bertz CT molecular complexity index is 371. The fourth-order valence-corrected chi connectivity index (χ4v) is 1.20. The van der Waals surface area contributed by atoms with Crippen molar-refractivity contribution in [2.24, 2.45) is 0 Å². The Kier molecular flexibility index (Phi) is 6.48. The average molecular weight is 288 g/mol. The van der Waals surface area contributed by atoms with Crippen molar-refractivity contribution in [3.05, 3.63) is 0 Å². The second-order valence-corrected chi connectivity index (χ2v) is 5.74. The van der Waals surface area contributed by atoms with Gasteiger partial charge in [-0.25, -0.2) is 4.79 Å². The van der Waals surface area contributed by atoms with Gasteiger partial charge in [-0.05, 0) is 41.5 Å². The zero-order valence-electron chi connectivity index (χ0n) is 13.0. The number of nitrogens with one attached hydrogen (secondary N) is 2. The molecule has 2 N–H and O–H groups in total. The fourth-order valence-electron chi connectivity index (χ4n) is 1.20. The number of carbonyl (C=O) groups excluding carboxylic acids is 3. The van der Waals surface area contributed by atoms with Crippen LogP contribution in [0.15, 0.2) is 0 Å². The van der Waals surface area contributed by atoms with Crippen LogP contribution in [-0.4, -0.2) is 42.3 Å². The molecule has 0 atom stereocenters. The molecule has 0 spiro atoms. The van der Waals surface area contributed by atoms with E-state index in [2.05, 4.69) is 15.4 Å². The van der Waals surface area contributed by atoms with Gasteiger partial charge in [0, 0.05) is 0 Å². The molecule has 2 amide bonds. The molecule has 0 aromatic heterocycles. The summed E-state index contributed by atoms with van der Waals surface area (Å²) in [6.45, 7) is 9.87.